The van der Waals surface area contributed by atoms with Gasteiger partial charge in [-0.3, -0.25) is 4.79 Å². The fraction of sp³-hybridized carbons (Fsp3) is 0.154. The van der Waals surface area contributed by atoms with Gasteiger partial charge in [-0.25, -0.2) is 0 Å². The van der Waals surface area contributed by atoms with Gasteiger partial charge in [0.05, 0.1) is 7.11 Å². The van der Waals surface area contributed by atoms with Gasteiger partial charge in [-0.15, -0.1) is 0 Å². The standard InChI is InChI=1S/C26H24N2O3/c1-18-6-4-8-20(12-18)17-31-25-15-24(30-3)11-10-21(25)14-22(16-27)26(29)28-23-9-5-7-19(2)13-23/h4-15H,17H2,1-3H3,(H,28,29)/b22-14+. The average molecular weight is 412 g/mol. The first-order valence-electron chi connectivity index (χ1n) is 9.84. The van der Waals surface area contributed by atoms with Gasteiger partial charge in [-0.05, 0) is 55.3 Å². The molecule has 0 atom stereocenters. The molecule has 0 aliphatic heterocycles. The molecule has 0 heterocycles. The Kier molecular flexibility index (Phi) is 7.08. The molecule has 156 valence electrons. The van der Waals surface area contributed by atoms with Gasteiger partial charge in [0.1, 0.15) is 29.7 Å². The van der Waals surface area contributed by atoms with E-state index in [-0.39, 0.29) is 5.57 Å². The van der Waals surface area contributed by atoms with Crippen molar-refractivity contribution in [3.8, 4) is 17.6 Å². The average Bonchev–Trinajstić information content (AvgIpc) is 2.76. The fourth-order valence-electron chi connectivity index (χ4n) is 3.07. The number of carbonyl (C=O) groups is 1. The number of carbonyl (C=O) groups excluding carboxylic acids is 1. The van der Waals surface area contributed by atoms with Gasteiger partial charge < -0.3 is 14.8 Å². The van der Waals surface area contributed by atoms with Gasteiger partial charge >= 0.3 is 0 Å². The van der Waals surface area contributed by atoms with Gasteiger partial charge in [-0.1, -0.05) is 42.0 Å². The van der Waals surface area contributed by atoms with E-state index in [9.17, 15) is 10.1 Å². The number of amides is 1. The van der Waals surface area contributed by atoms with Crippen molar-refractivity contribution < 1.29 is 14.3 Å². The number of rotatable bonds is 7. The molecule has 0 unspecified atom stereocenters. The number of hydrogen-bond donors (Lipinski definition) is 1. The molecule has 5 heteroatoms. The summed E-state index contributed by atoms with van der Waals surface area (Å²) in [4.78, 5) is 12.6. The third kappa shape index (κ3) is 5.97. The second kappa shape index (κ2) is 10.1. The lowest BCUT2D eigenvalue weighted by atomic mass is 10.1. The Labute approximate surface area is 182 Å². The van der Waals surface area contributed by atoms with Crippen molar-refractivity contribution in [2.75, 3.05) is 12.4 Å². The maximum absolute atomic E-state index is 12.6. The lowest BCUT2D eigenvalue weighted by Gasteiger charge is -2.12. The molecule has 0 saturated carbocycles. The van der Waals surface area contributed by atoms with E-state index in [1.54, 1.807) is 31.4 Å². The monoisotopic (exact) mass is 412 g/mol. The van der Waals surface area contributed by atoms with E-state index >= 15 is 0 Å². The smallest absolute Gasteiger partial charge is 0.266 e. The Morgan fingerprint density at radius 2 is 1.77 bits per heavy atom. The van der Waals surface area contributed by atoms with Crippen molar-refractivity contribution >= 4 is 17.7 Å². The molecule has 1 amide bonds. The minimum atomic E-state index is -0.478. The predicted octanol–water partition coefficient (Wildman–Crippen LogP) is 5.44. The Hall–Kier alpha value is -4.04. The summed E-state index contributed by atoms with van der Waals surface area (Å²) in [7, 11) is 1.57. The minimum Gasteiger partial charge on any atom is -0.497 e. The SMILES string of the molecule is COc1ccc(/C=C(\C#N)C(=O)Nc2cccc(C)c2)c(OCc2cccc(C)c2)c1. The van der Waals surface area contributed by atoms with Crippen molar-refractivity contribution in [3.63, 3.8) is 0 Å². The molecule has 3 aromatic carbocycles. The summed E-state index contributed by atoms with van der Waals surface area (Å²) < 4.78 is 11.3. The predicted molar refractivity (Wildman–Crippen MR) is 122 cm³/mol. The normalized spacial score (nSPS) is 10.8. The molecule has 0 spiro atoms. The van der Waals surface area contributed by atoms with Crippen LogP contribution in [0.5, 0.6) is 11.5 Å². The van der Waals surface area contributed by atoms with Crippen LogP contribution in [0.1, 0.15) is 22.3 Å². The molecule has 0 fully saturated rings. The second-order valence-electron chi connectivity index (χ2n) is 7.17. The highest BCUT2D eigenvalue weighted by atomic mass is 16.5. The summed E-state index contributed by atoms with van der Waals surface area (Å²) in [6.07, 6.45) is 1.52. The Morgan fingerprint density at radius 1 is 1.03 bits per heavy atom. The molecule has 3 rings (SSSR count). The summed E-state index contributed by atoms with van der Waals surface area (Å²) in [5.41, 5.74) is 4.41. The minimum absolute atomic E-state index is 0.0212. The number of methoxy groups -OCH3 is 1. The summed E-state index contributed by atoms with van der Waals surface area (Å²) in [5.74, 6) is 0.671. The number of ether oxygens (including phenoxy) is 2. The first kappa shape index (κ1) is 21.7. The van der Waals surface area contributed by atoms with Gasteiger partial charge in [0, 0.05) is 17.3 Å². The van der Waals surface area contributed by atoms with E-state index in [2.05, 4.69) is 5.32 Å². The molecule has 0 saturated heterocycles. The van der Waals surface area contributed by atoms with Crippen LogP contribution >= 0.6 is 0 Å². The van der Waals surface area contributed by atoms with Crippen LogP contribution in [-0.4, -0.2) is 13.0 Å². The van der Waals surface area contributed by atoms with Crippen LogP contribution in [0.4, 0.5) is 5.69 Å². The zero-order valence-corrected chi connectivity index (χ0v) is 17.8. The first-order chi connectivity index (χ1) is 15.0. The lowest BCUT2D eigenvalue weighted by Crippen LogP contribution is -2.13. The summed E-state index contributed by atoms with van der Waals surface area (Å²) in [6.45, 7) is 4.31. The van der Waals surface area contributed by atoms with E-state index in [4.69, 9.17) is 9.47 Å². The van der Waals surface area contributed by atoms with Crippen LogP contribution in [0.15, 0.2) is 72.3 Å². The van der Waals surface area contributed by atoms with E-state index < -0.39 is 5.91 Å². The highest BCUT2D eigenvalue weighted by Gasteiger charge is 2.13. The Bertz CT molecular complexity index is 1160. The molecule has 0 radical (unpaired) electrons. The number of hydrogen-bond acceptors (Lipinski definition) is 4. The zero-order valence-electron chi connectivity index (χ0n) is 17.8. The molecule has 0 aliphatic rings. The van der Waals surface area contributed by atoms with Gasteiger partial charge in [0.2, 0.25) is 0 Å². The van der Waals surface area contributed by atoms with E-state index in [1.165, 1.54) is 6.08 Å². The van der Waals surface area contributed by atoms with Crippen LogP contribution in [0.3, 0.4) is 0 Å². The molecule has 0 bridgehead atoms. The van der Waals surface area contributed by atoms with Crippen molar-refractivity contribution in [1.29, 1.82) is 5.26 Å². The van der Waals surface area contributed by atoms with Crippen molar-refractivity contribution in [2.45, 2.75) is 20.5 Å². The van der Waals surface area contributed by atoms with Gasteiger partial charge in [-0.2, -0.15) is 5.26 Å². The maximum atomic E-state index is 12.6. The summed E-state index contributed by atoms with van der Waals surface area (Å²) in [6, 6.07) is 22.7. The van der Waals surface area contributed by atoms with Crippen molar-refractivity contribution in [1.82, 2.24) is 0 Å². The Balaban J connectivity index is 1.86. The van der Waals surface area contributed by atoms with E-state index in [0.29, 0.717) is 29.4 Å². The topological polar surface area (TPSA) is 71.3 Å². The van der Waals surface area contributed by atoms with Crippen molar-refractivity contribution in [2.24, 2.45) is 0 Å². The van der Waals surface area contributed by atoms with Crippen LogP contribution in [0, 0.1) is 25.2 Å². The van der Waals surface area contributed by atoms with E-state index in [0.717, 1.165) is 16.7 Å². The van der Waals surface area contributed by atoms with Crippen LogP contribution < -0.4 is 14.8 Å². The molecule has 0 aromatic heterocycles. The van der Waals surface area contributed by atoms with Gasteiger partial charge in [0.15, 0.2) is 0 Å². The molecule has 31 heavy (non-hydrogen) atoms. The van der Waals surface area contributed by atoms with Gasteiger partial charge in [0.25, 0.3) is 5.91 Å². The molecule has 0 aliphatic carbocycles. The largest absolute Gasteiger partial charge is 0.497 e. The van der Waals surface area contributed by atoms with Crippen molar-refractivity contribution in [3.05, 3.63) is 94.6 Å². The number of benzene rings is 3. The molecule has 3 aromatic rings. The number of nitrogens with one attached hydrogen (secondary N) is 1. The number of aryl methyl sites for hydroxylation is 2. The maximum Gasteiger partial charge on any atom is 0.266 e. The van der Waals surface area contributed by atoms with E-state index in [1.807, 2.05) is 62.4 Å². The third-order valence-corrected chi connectivity index (χ3v) is 4.64. The quantitative estimate of drug-likeness (QED) is 0.414. The molecule has 5 nitrogen and oxygen atoms in total. The molecular formula is C26H24N2O3. The third-order valence-electron chi connectivity index (χ3n) is 4.64. The number of anilines is 1. The number of nitrogens with zero attached hydrogens (tertiary/aromatic N) is 1. The second-order valence-corrected chi connectivity index (χ2v) is 7.17. The van der Waals surface area contributed by atoms with Crippen LogP contribution in [0.25, 0.3) is 6.08 Å². The van der Waals surface area contributed by atoms with Crippen LogP contribution in [0.2, 0.25) is 0 Å². The number of nitriles is 1. The summed E-state index contributed by atoms with van der Waals surface area (Å²) in [5, 5.41) is 12.3. The highest BCUT2D eigenvalue weighted by Crippen LogP contribution is 2.28. The molecule has 1 N–H and O–H groups in total. The lowest BCUT2D eigenvalue weighted by molar-refractivity contribution is -0.112. The molecular weight excluding hydrogens is 388 g/mol. The first-order valence-corrected chi connectivity index (χ1v) is 9.84. The highest BCUT2D eigenvalue weighted by molar-refractivity contribution is 6.09. The summed E-state index contributed by atoms with van der Waals surface area (Å²) >= 11 is 0. The Morgan fingerprint density at radius 3 is 2.45 bits per heavy atom. The fourth-order valence-corrected chi connectivity index (χ4v) is 3.07. The van der Waals surface area contributed by atoms with Crippen LogP contribution in [-0.2, 0) is 11.4 Å². The zero-order chi connectivity index (χ0) is 22.2.